The largest absolute Gasteiger partial charge is 0.497 e. The summed E-state index contributed by atoms with van der Waals surface area (Å²) in [5, 5.41) is 0. The molecule has 0 amide bonds. The van der Waals surface area contributed by atoms with E-state index in [-0.39, 0.29) is 0 Å². The maximum Gasteiger partial charge on any atom is 0.118 e. The lowest BCUT2D eigenvalue weighted by molar-refractivity contribution is 0.329. The number of ether oxygens (including phenoxy) is 1. The van der Waals surface area contributed by atoms with Crippen LogP contribution >= 0.6 is 0 Å². The second kappa shape index (κ2) is 6.90. The standard InChI is InChI=1S/C16H20N2O/c1-18(12-10-15-5-3-4-11-17-15)13-14-6-8-16(19-2)9-7-14/h3-9,11H,10,12-13H2,1-2H3. The second-order valence-corrected chi connectivity index (χ2v) is 4.66. The molecule has 19 heavy (non-hydrogen) atoms. The van der Waals surface area contributed by atoms with Gasteiger partial charge in [-0.15, -0.1) is 0 Å². The zero-order chi connectivity index (χ0) is 13.5. The van der Waals surface area contributed by atoms with Crippen molar-refractivity contribution in [2.24, 2.45) is 0 Å². The van der Waals surface area contributed by atoms with Crippen LogP contribution < -0.4 is 4.74 Å². The van der Waals surface area contributed by atoms with E-state index in [9.17, 15) is 0 Å². The molecule has 0 spiro atoms. The van der Waals surface area contributed by atoms with Gasteiger partial charge in [-0.3, -0.25) is 4.98 Å². The molecule has 0 aliphatic rings. The molecule has 2 aromatic rings. The fourth-order valence-corrected chi connectivity index (χ4v) is 1.97. The van der Waals surface area contributed by atoms with Crippen molar-refractivity contribution < 1.29 is 4.74 Å². The quantitative estimate of drug-likeness (QED) is 0.794. The van der Waals surface area contributed by atoms with E-state index in [0.29, 0.717) is 0 Å². The molecule has 0 aliphatic heterocycles. The van der Waals surface area contributed by atoms with Gasteiger partial charge in [-0.05, 0) is 36.9 Å². The number of hydrogen-bond donors (Lipinski definition) is 0. The molecule has 0 N–H and O–H groups in total. The SMILES string of the molecule is COc1ccc(CN(C)CCc2ccccn2)cc1. The Labute approximate surface area is 114 Å². The summed E-state index contributed by atoms with van der Waals surface area (Å²) >= 11 is 0. The van der Waals surface area contributed by atoms with Gasteiger partial charge in [0, 0.05) is 31.4 Å². The average molecular weight is 256 g/mol. The summed E-state index contributed by atoms with van der Waals surface area (Å²) in [6, 6.07) is 14.3. The van der Waals surface area contributed by atoms with Gasteiger partial charge in [0.2, 0.25) is 0 Å². The summed E-state index contributed by atoms with van der Waals surface area (Å²) in [4.78, 5) is 6.64. The van der Waals surface area contributed by atoms with Gasteiger partial charge in [0.25, 0.3) is 0 Å². The molecule has 100 valence electrons. The number of hydrogen-bond acceptors (Lipinski definition) is 3. The van der Waals surface area contributed by atoms with Crippen LogP contribution in [0.4, 0.5) is 0 Å². The molecule has 0 radical (unpaired) electrons. The Bertz CT molecular complexity index is 482. The first-order chi connectivity index (χ1) is 9.28. The third-order valence-electron chi connectivity index (χ3n) is 3.09. The fraction of sp³-hybridized carbons (Fsp3) is 0.312. The van der Waals surface area contributed by atoms with Crippen molar-refractivity contribution in [3.05, 3.63) is 59.9 Å². The summed E-state index contributed by atoms with van der Waals surface area (Å²) in [6.07, 6.45) is 2.83. The minimum atomic E-state index is 0.903. The van der Waals surface area contributed by atoms with Crippen LogP contribution in [0.2, 0.25) is 0 Å². The molecule has 1 heterocycles. The normalized spacial score (nSPS) is 10.7. The molecule has 3 heteroatoms. The minimum absolute atomic E-state index is 0.903. The van der Waals surface area contributed by atoms with Crippen molar-refractivity contribution in [2.75, 3.05) is 20.7 Å². The number of aromatic nitrogens is 1. The van der Waals surface area contributed by atoms with Gasteiger partial charge in [0.15, 0.2) is 0 Å². The summed E-state index contributed by atoms with van der Waals surface area (Å²) in [5.41, 5.74) is 2.44. The van der Waals surface area contributed by atoms with Crippen molar-refractivity contribution in [3.8, 4) is 5.75 Å². The Morgan fingerprint density at radius 2 is 1.89 bits per heavy atom. The van der Waals surface area contributed by atoms with Crippen LogP contribution in [-0.2, 0) is 13.0 Å². The van der Waals surface area contributed by atoms with Crippen LogP contribution in [0.25, 0.3) is 0 Å². The van der Waals surface area contributed by atoms with Gasteiger partial charge >= 0.3 is 0 Å². The Morgan fingerprint density at radius 3 is 2.53 bits per heavy atom. The first kappa shape index (κ1) is 13.6. The molecule has 0 saturated carbocycles. The Balaban J connectivity index is 1.82. The lowest BCUT2D eigenvalue weighted by Gasteiger charge is -2.16. The highest BCUT2D eigenvalue weighted by molar-refractivity contribution is 5.27. The average Bonchev–Trinajstić information content (AvgIpc) is 2.47. The molecule has 0 aliphatic carbocycles. The summed E-state index contributed by atoms with van der Waals surface area (Å²) in [7, 11) is 3.82. The molecular weight excluding hydrogens is 236 g/mol. The molecule has 1 aromatic heterocycles. The maximum absolute atomic E-state index is 5.16. The maximum atomic E-state index is 5.16. The number of rotatable bonds is 6. The molecule has 3 nitrogen and oxygen atoms in total. The summed E-state index contributed by atoms with van der Waals surface area (Å²) < 4.78 is 5.16. The van der Waals surface area contributed by atoms with Crippen LogP contribution in [-0.4, -0.2) is 30.6 Å². The van der Waals surface area contributed by atoms with Gasteiger partial charge in [-0.1, -0.05) is 18.2 Å². The number of benzene rings is 1. The van der Waals surface area contributed by atoms with Crippen LogP contribution in [0.3, 0.4) is 0 Å². The van der Waals surface area contributed by atoms with E-state index < -0.39 is 0 Å². The third kappa shape index (κ3) is 4.38. The van der Waals surface area contributed by atoms with E-state index in [2.05, 4.69) is 35.1 Å². The lowest BCUT2D eigenvalue weighted by Crippen LogP contribution is -2.20. The molecule has 0 bridgehead atoms. The molecule has 2 rings (SSSR count). The number of likely N-dealkylation sites (N-methyl/N-ethyl adjacent to an activating group) is 1. The number of pyridine rings is 1. The van der Waals surface area contributed by atoms with Crippen molar-refractivity contribution in [2.45, 2.75) is 13.0 Å². The van der Waals surface area contributed by atoms with Crippen LogP contribution in [0.15, 0.2) is 48.7 Å². The smallest absolute Gasteiger partial charge is 0.118 e. The molecular formula is C16H20N2O. The molecule has 0 fully saturated rings. The highest BCUT2D eigenvalue weighted by Gasteiger charge is 2.02. The first-order valence-electron chi connectivity index (χ1n) is 6.49. The van der Waals surface area contributed by atoms with Crippen LogP contribution in [0.5, 0.6) is 5.75 Å². The van der Waals surface area contributed by atoms with E-state index >= 15 is 0 Å². The van der Waals surface area contributed by atoms with Crippen LogP contribution in [0, 0.1) is 0 Å². The Kier molecular flexibility index (Phi) is 4.93. The zero-order valence-electron chi connectivity index (χ0n) is 11.5. The van der Waals surface area contributed by atoms with E-state index in [4.69, 9.17) is 4.74 Å². The van der Waals surface area contributed by atoms with E-state index in [0.717, 1.165) is 31.0 Å². The number of methoxy groups -OCH3 is 1. The predicted octanol–water partition coefficient (Wildman–Crippen LogP) is 2.76. The molecule has 0 atom stereocenters. The van der Waals surface area contributed by atoms with Crippen molar-refractivity contribution in [3.63, 3.8) is 0 Å². The predicted molar refractivity (Wildman–Crippen MR) is 77.3 cm³/mol. The highest BCUT2D eigenvalue weighted by atomic mass is 16.5. The van der Waals surface area contributed by atoms with E-state index in [1.807, 2.05) is 30.5 Å². The minimum Gasteiger partial charge on any atom is -0.497 e. The fourth-order valence-electron chi connectivity index (χ4n) is 1.97. The summed E-state index contributed by atoms with van der Waals surface area (Å²) in [6.45, 7) is 1.94. The molecule has 1 aromatic carbocycles. The van der Waals surface area contributed by atoms with Crippen LogP contribution in [0.1, 0.15) is 11.3 Å². The number of nitrogens with zero attached hydrogens (tertiary/aromatic N) is 2. The highest BCUT2D eigenvalue weighted by Crippen LogP contribution is 2.12. The van der Waals surface area contributed by atoms with E-state index in [1.54, 1.807) is 7.11 Å². The molecule has 0 saturated heterocycles. The van der Waals surface area contributed by atoms with Gasteiger partial charge in [-0.25, -0.2) is 0 Å². The first-order valence-corrected chi connectivity index (χ1v) is 6.49. The third-order valence-corrected chi connectivity index (χ3v) is 3.09. The topological polar surface area (TPSA) is 25.4 Å². The van der Waals surface area contributed by atoms with Crippen molar-refractivity contribution >= 4 is 0 Å². The Hall–Kier alpha value is -1.87. The monoisotopic (exact) mass is 256 g/mol. The van der Waals surface area contributed by atoms with Crippen molar-refractivity contribution in [1.29, 1.82) is 0 Å². The van der Waals surface area contributed by atoms with Gasteiger partial charge in [-0.2, -0.15) is 0 Å². The second-order valence-electron chi connectivity index (χ2n) is 4.66. The summed E-state index contributed by atoms with van der Waals surface area (Å²) in [5.74, 6) is 0.903. The van der Waals surface area contributed by atoms with E-state index in [1.165, 1.54) is 5.56 Å². The Morgan fingerprint density at radius 1 is 1.11 bits per heavy atom. The van der Waals surface area contributed by atoms with Crippen molar-refractivity contribution in [1.82, 2.24) is 9.88 Å². The zero-order valence-corrected chi connectivity index (χ0v) is 11.5. The van der Waals surface area contributed by atoms with Gasteiger partial charge in [0.05, 0.1) is 7.11 Å². The van der Waals surface area contributed by atoms with Gasteiger partial charge in [0.1, 0.15) is 5.75 Å². The molecule has 0 unspecified atom stereocenters. The van der Waals surface area contributed by atoms with Gasteiger partial charge < -0.3 is 9.64 Å². The lowest BCUT2D eigenvalue weighted by atomic mass is 10.2.